The second-order valence-corrected chi connectivity index (χ2v) is 9.82. The molecule has 6 nitrogen and oxygen atoms in total. The number of piperazine rings is 1. The number of ether oxygens (including phenoxy) is 1. The summed E-state index contributed by atoms with van der Waals surface area (Å²) < 4.78 is 5.26. The van der Waals surface area contributed by atoms with Crippen molar-refractivity contribution in [3.8, 4) is 5.75 Å². The Morgan fingerprint density at radius 3 is 2.37 bits per heavy atom. The molecular weight excluding hydrogens is 438 g/mol. The summed E-state index contributed by atoms with van der Waals surface area (Å²) in [6.07, 6.45) is 8.49. The van der Waals surface area contributed by atoms with Gasteiger partial charge < -0.3 is 19.9 Å². The lowest BCUT2D eigenvalue weighted by Gasteiger charge is -2.39. The number of benzene rings is 2. The summed E-state index contributed by atoms with van der Waals surface area (Å²) in [6.45, 7) is 2.93. The number of nitrogens with zero attached hydrogens (tertiary/aromatic N) is 2. The number of carbonyl (C=O) groups is 2. The third-order valence-corrected chi connectivity index (χ3v) is 7.80. The number of rotatable bonds is 5. The predicted molar refractivity (Wildman–Crippen MR) is 137 cm³/mol. The lowest BCUT2D eigenvalue weighted by Crippen LogP contribution is -2.52. The standard InChI is InChI=1S/C29H35N3O3/c1-35-23-15-13-22(14-16-23)31-17-19-32(20-18-31)29(34)26-11-5-4-10-25(26)28(33)30-27-12-6-8-21-7-2-3-9-24(21)27/h2-5,7,9,13-16,25-27H,6,8,10-12,17-20H2,1H3,(H,30,33)/t25?,26?,27-/m1/s1. The van der Waals surface area contributed by atoms with Crippen LogP contribution in [0.1, 0.15) is 42.9 Å². The molecule has 3 atom stereocenters. The van der Waals surface area contributed by atoms with Crippen LogP contribution in [-0.4, -0.2) is 50.0 Å². The second kappa shape index (κ2) is 10.5. The van der Waals surface area contributed by atoms with Gasteiger partial charge in [-0.25, -0.2) is 0 Å². The van der Waals surface area contributed by atoms with Gasteiger partial charge in [-0.15, -0.1) is 0 Å². The van der Waals surface area contributed by atoms with E-state index in [2.05, 4.69) is 52.7 Å². The topological polar surface area (TPSA) is 61.9 Å². The first-order valence-corrected chi connectivity index (χ1v) is 12.8. The summed E-state index contributed by atoms with van der Waals surface area (Å²) in [5.41, 5.74) is 3.70. The Kier molecular flexibility index (Phi) is 7.07. The van der Waals surface area contributed by atoms with Crippen LogP contribution in [0.3, 0.4) is 0 Å². The number of amides is 2. The summed E-state index contributed by atoms with van der Waals surface area (Å²) in [4.78, 5) is 31.2. The van der Waals surface area contributed by atoms with E-state index >= 15 is 0 Å². The van der Waals surface area contributed by atoms with Crippen molar-refractivity contribution in [3.05, 3.63) is 71.8 Å². The van der Waals surface area contributed by atoms with Gasteiger partial charge in [-0.1, -0.05) is 36.4 Å². The third-order valence-electron chi connectivity index (χ3n) is 7.80. The van der Waals surface area contributed by atoms with Crippen molar-refractivity contribution in [2.24, 2.45) is 11.8 Å². The lowest BCUT2D eigenvalue weighted by molar-refractivity contribution is -0.142. The van der Waals surface area contributed by atoms with Gasteiger partial charge in [0.25, 0.3) is 0 Å². The molecule has 6 heteroatoms. The predicted octanol–water partition coefficient (Wildman–Crippen LogP) is 4.12. The molecule has 0 saturated carbocycles. The number of fused-ring (bicyclic) bond motifs is 1. The Balaban J connectivity index is 1.21. The zero-order valence-electron chi connectivity index (χ0n) is 20.5. The highest BCUT2D eigenvalue weighted by molar-refractivity contribution is 5.88. The van der Waals surface area contributed by atoms with E-state index in [0.29, 0.717) is 25.9 Å². The van der Waals surface area contributed by atoms with E-state index in [4.69, 9.17) is 4.74 Å². The molecule has 1 fully saturated rings. The lowest BCUT2D eigenvalue weighted by atomic mass is 9.80. The Labute approximate surface area is 207 Å². The van der Waals surface area contributed by atoms with Crippen LogP contribution in [0.15, 0.2) is 60.7 Å². The first-order chi connectivity index (χ1) is 17.1. The number of allylic oxidation sites excluding steroid dienone is 2. The fraction of sp³-hybridized carbons (Fsp3) is 0.448. The summed E-state index contributed by atoms with van der Waals surface area (Å²) in [5, 5.41) is 3.31. The van der Waals surface area contributed by atoms with Crippen molar-refractivity contribution in [2.75, 3.05) is 38.2 Å². The fourth-order valence-corrected chi connectivity index (χ4v) is 5.77. The third kappa shape index (κ3) is 5.07. The van der Waals surface area contributed by atoms with E-state index in [1.54, 1.807) is 7.11 Å². The molecule has 3 aliphatic rings. The molecule has 0 aromatic heterocycles. The molecule has 35 heavy (non-hydrogen) atoms. The minimum absolute atomic E-state index is 0.0197. The minimum atomic E-state index is -0.304. The van der Waals surface area contributed by atoms with Gasteiger partial charge in [-0.2, -0.15) is 0 Å². The maximum atomic E-state index is 13.6. The molecule has 1 saturated heterocycles. The van der Waals surface area contributed by atoms with Crippen LogP contribution < -0.4 is 15.0 Å². The van der Waals surface area contributed by atoms with Crippen LogP contribution in [0.5, 0.6) is 5.75 Å². The molecule has 2 aromatic rings. The Morgan fingerprint density at radius 2 is 1.63 bits per heavy atom. The highest BCUT2D eigenvalue weighted by Crippen LogP contribution is 2.33. The number of methoxy groups -OCH3 is 1. The van der Waals surface area contributed by atoms with Gasteiger partial charge in [0, 0.05) is 31.9 Å². The van der Waals surface area contributed by atoms with Crippen molar-refractivity contribution in [2.45, 2.75) is 38.1 Å². The van der Waals surface area contributed by atoms with Gasteiger partial charge in [-0.3, -0.25) is 9.59 Å². The van der Waals surface area contributed by atoms with Gasteiger partial charge in [0.05, 0.1) is 25.0 Å². The zero-order chi connectivity index (χ0) is 24.2. The maximum absolute atomic E-state index is 13.6. The highest BCUT2D eigenvalue weighted by Gasteiger charge is 2.38. The molecule has 0 bridgehead atoms. The molecule has 1 aliphatic heterocycles. The molecule has 2 aromatic carbocycles. The SMILES string of the molecule is COc1ccc(N2CCN(C(=O)C3CC=CCC3C(=O)N[C@@H]3CCCc4ccccc43)CC2)cc1. The van der Waals surface area contributed by atoms with Crippen molar-refractivity contribution in [1.82, 2.24) is 10.2 Å². The number of hydrogen-bond acceptors (Lipinski definition) is 4. The molecular formula is C29H35N3O3. The molecule has 1 N–H and O–H groups in total. The van der Waals surface area contributed by atoms with Gasteiger partial charge >= 0.3 is 0 Å². The minimum Gasteiger partial charge on any atom is -0.497 e. The zero-order valence-corrected chi connectivity index (χ0v) is 20.5. The van der Waals surface area contributed by atoms with Crippen LogP contribution in [-0.2, 0) is 16.0 Å². The summed E-state index contributed by atoms with van der Waals surface area (Å²) in [7, 11) is 1.67. The van der Waals surface area contributed by atoms with E-state index in [9.17, 15) is 9.59 Å². The quantitative estimate of drug-likeness (QED) is 0.664. The van der Waals surface area contributed by atoms with E-state index in [-0.39, 0.29) is 29.7 Å². The largest absolute Gasteiger partial charge is 0.497 e. The monoisotopic (exact) mass is 473 g/mol. The van der Waals surface area contributed by atoms with E-state index < -0.39 is 0 Å². The Bertz CT molecular complexity index is 1070. The smallest absolute Gasteiger partial charge is 0.226 e. The van der Waals surface area contributed by atoms with E-state index in [1.165, 1.54) is 11.1 Å². The van der Waals surface area contributed by atoms with Gasteiger partial charge in [-0.05, 0) is 67.5 Å². The average molecular weight is 474 g/mol. The number of anilines is 1. The number of carbonyl (C=O) groups excluding carboxylic acids is 2. The molecule has 184 valence electrons. The first-order valence-electron chi connectivity index (χ1n) is 12.8. The second-order valence-electron chi connectivity index (χ2n) is 9.82. The van der Waals surface area contributed by atoms with Gasteiger partial charge in [0.2, 0.25) is 11.8 Å². The molecule has 0 radical (unpaired) electrons. The summed E-state index contributed by atoms with van der Waals surface area (Å²) >= 11 is 0. The molecule has 5 rings (SSSR count). The van der Waals surface area contributed by atoms with Crippen LogP contribution in [0.4, 0.5) is 5.69 Å². The van der Waals surface area contributed by atoms with Crippen molar-refractivity contribution >= 4 is 17.5 Å². The molecule has 2 unspecified atom stereocenters. The summed E-state index contributed by atoms with van der Waals surface area (Å²) in [6, 6.07) is 16.5. The van der Waals surface area contributed by atoms with Crippen LogP contribution in [0.25, 0.3) is 0 Å². The Hall–Kier alpha value is -3.28. The molecule has 2 amide bonds. The number of nitrogens with one attached hydrogen (secondary N) is 1. The molecule has 2 aliphatic carbocycles. The fourth-order valence-electron chi connectivity index (χ4n) is 5.77. The van der Waals surface area contributed by atoms with Crippen LogP contribution in [0, 0.1) is 11.8 Å². The van der Waals surface area contributed by atoms with Gasteiger partial charge in [0.1, 0.15) is 5.75 Å². The highest BCUT2D eigenvalue weighted by atomic mass is 16.5. The Morgan fingerprint density at radius 1 is 0.914 bits per heavy atom. The average Bonchev–Trinajstić information content (AvgIpc) is 2.93. The van der Waals surface area contributed by atoms with Crippen LogP contribution >= 0.6 is 0 Å². The summed E-state index contributed by atoms with van der Waals surface area (Å²) in [5.74, 6) is 0.390. The van der Waals surface area contributed by atoms with Gasteiger partial charge in [0.15, 0.2) is 0 Å². The van der Waals surface area contributed by atoms with Crippen molar-refractivity contribution in [1.29, 1.82) is 0 Å². The number of hydrogen-bond donors (Lipinski definition) is 1. The normalized spacial score (nSPS) is 24.0. The van der Waals surface area contributed by atoms with E-state index in [0.717, 1.165) is 43.8 Å². The maximum Gasteiger partial charge on any atom is 0.226 e. The van der Waals surface area contributed by atoms with Crippen molar-refractivity contribution < 1.29 is 14.3 Å². The first kappa shape index (κ1) is 23.5. The molecule has 1 heterocycles. The van der Waals surface area contributed by atoms with Crippen LogP contribution in [0.2, 0.25) is 0 Å². The van der Waals surface area contributed by atoms with Crippen molar-refractivity contribution in [3.63, 3.8) is 0 Å². The number of aryl methyl sites for hydroxylation is 1. The van der Waals surface area contributed by atoms with E-state index in [1.807, 2.05) is 23.1 Å². The molecule has 0 spiro atoms.